The number of benzene rings is 2. The molecule has 9 nitrogen and oxygen atoms in total. The summed E-state index contributed by atoms with van der Waals surface area (Å²) in [6.07, 6.45) is 4.50. The highest BCUT2D eigenvalue weighted by molar-refractivity contribution is 5.95. The van der Waals surface area contributed by atoms with Gasteiger partial charge in [-0.2, -0.15) is 0 Å². The first-order valence-electron chi connectivity index (χ1n) is 24.4. The summed E-state index contributed by atoms with van der Waals surface area (Å²) in [6, 6.07) is 13.9. The van der Waals surface area contributed by atoms with Crippen molar-refractivity contribution in [2.45, 2.75) is 234 Å². The Kier molecular flexibility index (Phi) is 16.4. The number of likely N-dealkylation sites (tertiary alicyclic amines) is 2. The van der Waals surface area contributed by atoms with Crippen LogP contribution >= 0.6 is 0 Å². The summed E-state index contributed by atoms with van der Waals surface area (Å²) in [4.78, 5) is 61.7. The van der Waals surface area contributed by atoms with E-state index in [4.69, 9.17) is 9.47 Å². The lowest BCUT2D eigenvalue weighted by molar-refractivity contribution is -0.182. The fourth-order valence-electron chi connectivity index (χ4n) is 12.1. The van der Waals surface area contributed by atoms with Gasteiger partial charge in [-0.3, -0.25) is 19.2 Å². The third-order valence-electron chi connectivity index (χ3n) is 13.9. The Morgan fingerprint density at radius 2 is 1.08 bits per heavy atom. The number of rotatable bonds is 16. The van der Waals surface area contributed by atoms with Crippen molar-refractivity contribution in [3.8, 4) is 5.75 Å². The summed E-state index contributed by atoms with van der Waals surface area (Å²) >= 11 is 0. The highest BCUT2D eigenvalue weighted by Crippen LogP contribution is 2.47. The Morgan fingerprint density at radius 3 is 1.45 bits per heavy atom. The fourth-order valence-corrected chi connectivity index (χ4v) is 12.1. The monoisotopic (exact) mass is 887 g/mol. The average Bonchev–Trinajstić information content (AvgIpc) is 3.11. The van der Waals surface area contributed by atoms with Crippen LogP contribution in [0.5, 0.6) is 5.75 Å². The number of hydrogen-bond acceptors (Lipinski definition) is 7. The van der Waals surface area contributed by atoms with Crippen LogP contribution in [0.3, 0.4) is 0 Å². The first kappa shape index (κ1) is 52.7. The lowest BCUT2D eigenvalue weighted by Gasteiger charge is -2.57. The van der Waals surface area contributed by atoms with Crippen molar-refractivity contribution in [1.29, 1.82) is 0 Å². The van der Waals surface area contributed by atoms with E-state index in [1.165, 1.54) is 0 Å². The summed E-state index contributed by atoms with van der Waals surface area (Å²) in [5, 5.41) is 12.0. The Balaban J connectivity index is 1.83. The zero-order valence-electron chi connectivity index (χ0n) is 43.0. The topological polar surface area (TPSA) is 113 Å². The molecule has 2 aromatic carbocycles. The van der Waals surface area contributed by atoms with Gasteiger partial charge in [0.2, 0.25) is 11.8 Å². The van der Waals surface area contributed by atoms with Crippen LogP contribution in [-0.2, 0) is 45.9 Å². The van der Waals surface area contributed by atoms with Gasteiger partial charge in [-0.15, -0.1) is 0 Å². The number of piperidine rings is 2. The molecule has 0 saturated carbocycles. The molecule has 2 amide bonds. The van der Waals surface area contributed by atoms with Gasteiger partial charge >= 0.3 is 11.9 Å². The van der Waals surface area contributed by atoms with E-state index in [0.717, 1.165) is 42.4 Å². The molecule has 2 heterocycles. The van der Waals surface area contributed by atoms with E-state index in [2.05, 4.69) is 83.1 Å². The number of carbonyl (C=O) groups is 4. The number of ether oxygens (including phenoxy) is 2. The standard InChI is InChI=1S/C55H86N2O7/c1-18-23-45(58)56-51(10,11)32-40(34-54(56,16)30-36(3)4)63-48(61)42(49(62)64-41-33-52(12,13)57(46(59)24-19-2)55(17,35-41)31-37(5)6)27-38-28-43(50(7,8)9)47(60)44(29-38)53(14,15)39-25-21-20-22-26-39/h20-22,25-26,28-29,36-37,40-42,60H,18-19,23-24,27,30-35H2,1-17H3. The van der Waals surface area contributed by atoms with E-state index in [0.29, 0.717) is 44.1 Å². The molecule has 1 N–H and O–H groups in total. The lowest BCUT2D eigenvalue weighted by Crippen LogP contribution is -2.66. The predicted molar refractivity (Wildman–Crippen MR) is 258 cm³/mol. The molecule has 2 saturated heterocycles. The Labute approximate surface area is 387 Å². The Bertz CT molecular complexity index is 1880. The minimum Gasteiger partial charge on any atom is -0.507 e. The van der Waals surface area contributed by atoms with E-state index in [1.54, 1.807) is 0 Å². The Hall–Kier alpha value is -3.88. The molecule has 2 fully saturated rings. The molecule has 358 valence electrons. The number of esters is 2. The molecule has 0 aliphatic carbocycles. The summed E-state index contributed by atoms with van der Waals surface area (Å²) in [6.45, 7) is 35.4. The molecular weight excluding hydrogens is 801 g/mol. The summed E-state index contributed by atoms with van der Waals surface area (Å²) < 4.78 is 13.1. The number of carbonyl (C=O) groups excluding carboxylic acids is 4. The highest BCUT2D eigenvalue weighted by atomic mass is 16.6. The van der Waals surface area contributed by atoms with Crippen molar-refractivity contribution in [1.82, 2.24) is 9.80 Å². The maximum absolute atomic E-state index is 15.0. The number of phenolic OH excluding ortho intramolecular Hbond substituents is 1. The van der Waals surface area contributed by atoms with Crippen molar-refractivity contribution in [3.05, 3.63) is 64.7 Å². The maximum Gasteiger partial charge on any atom is 0.320 e. The summed E-state index contributed by atoms with van der Waals surface area (Å²) in [5.41, 5.74) is -0.304. The number of nitrogens with zero attached hydrogens (tertiary/aromatic N) is 2. The van der Waals surface area contributed by atoms with Gasteiger partial charge in [-0.05, 0) is 108 Å². The highest BCUT2D eigenvalue weighted by Gasteiger charge is 2.53. The van der Waals surface area contributed by atoms with E-state index < -0.39 is 63.1 Å². The molecule has 0 bridgehead atoms. The molecule has 4 rings (SSSR count). The minimum atomic E-state index is -1.32. The molecule has 0 spiro atoms. The molecule has 0 aromatic heterocycles. The normalized spacial score (nSPS) is 24.1. The second kappa shape index (κ2) is 19.9. The van der Waals surface area contributed by atoms with Gasteiger partial charge in [0.25, 0.3) is 0 Å². The molecular formula is C55H86N2O7. The Morgan fingerprint density at radius 1 is 0.672 bits per heavy atom. The first-order valence-corrected chi connectivity index (χ1v) is 24.4. The van der Waals surface area contributed by atoms with Crippen LogP contribution in [0.2, 0.25) is 0 Å². The van der Waals surface area contributed by atoms with Crippen LogP contribution in [0.15, 0.2) is 42.5 Å². The zero-order valence-corrected chi connectivity index (χ0v) is 43.0. The SMILES string of the molecule is CCCC(=O)N1C(C)(C)CC(OC(=O)C(Cc2cc(C(C)(C)C)c(O)c(C(C)(C)c3ccccc3)c2)C(=O)OC2CC(C)(C)N(C(=O)CCC)C(C)(CC(C)C)C2)CC1(C)CC(C)C. The number of amides is 2. The van der Waals surface area contributed by atoms with Crippen molar-refractivity contribution in [2.24, 2.45) is 17.8 Å². The van der Waals surface area contributed by atoms with Gasteiger partial charge < -0.3 is 24.4 Å². The molecule has 2 aliphatic rings. The third kappa shape index (κ3) is 11.9. The van der Waals surface area contributed by atoms with Gasteiger partial charge in [-0.1, -0.05) is 119 Å². The van der Waals surface area contributed by atoms with Crippen molar-refractivity contribution >= 4 is 23.8 Å². The second-order valence-corrected chi connectivity index (χ2v) is 23.7. The van der Waals surface area contributed by atoms with Gasteiger partial charge in [0, 0.05) is 71.7 Å². The van der Waals surface area contributed by atoms with E-state index in [-0.39, 0.29) is 35.8 Å². The van der Waals surface area contributed by atoms with Crippen LogP contribution < -0.4 is 0 Å². The second-order valence-electron chi connectivity index (χ2n) is 23.7. The fraction of sp³-hybridized carbons (Fsp3) is 0.709. The summed E-state index contributed by atoms with van der Waals surface area (Å²) in [7, 11) is 0. The van der Waals surface area contributed by atoms with E-state index >= 15 is 9.59 Å². The van der Waals surface area contributed by atoms with Gasteiger partial charge in [0.15, 0.2) is 5.92 Å². The smallest absolute Gasteiger partial charge is 0.320 e. The summed E-state index contributed by atoms with van der Waals surface area (Å²) in [5.74, 6) is -1.65. The van der Waals surface area contributed by atoms with Crippen LogP contribution in [0, 0.1) is 17.8 Å². The molecule has 2 aliphatic heterocycles. The van der Waals surface area contributed by atoms with Crippen molar-refractivity contribution < 1.29 is 33.8 Å². The molecule has 0 radical (unpaired) electrons. The van der Waals surface area contributed by atoms with Gasteiger partial charge in [-0.25, -0.2) is 0 Å². The molecule has 64 heavy (non-hydrogen) atoms. The molecule has 4 unspecified atom stereocenters. The van der Waals surface area contributed by atoms with Crippen molar-refractivity contribution in [2.75, 3.05) is 0 Å². The molecule has 9 heteroatoms. The van der Waals surface area contributed by atoms with E-state index in [1.807, 2.05) is 86.9 Å². The van der Waals surface area contributed by atoms with E-state index in [9.17, 15) is 14.7 Å². The quantitative estimate of drug-likeness (QED) is 0.132. The zero-order chi connectivity index (χ0) is 48.4. The van der Waals surface area contributed by atoms with Gasteiger partial charge in [0.1, 0.15) is 18.0 Å². The van der Waals surface area contributed by atoms with Crippen LogP contribution in [0.4, 0.5) is 0 Å². The van der Waals surface area contributed by atoms with Crippen molar-refractivity contribution in [3.63, 3.8) is 0 Å². The first-order chi connectivity index (χ1) is 29.4. The number of aromatic hydroxyl groups is 1. The average molecular weight is 887 g/mol. The number of hydrogen-bond donors (Lipinski definition) is 1. The van der Waals surface area contributed by atoms with Crippen LogP contribution in [0.1, 0.15) is 204 Å². The van der Waals surface area contributed by atoms with Crippen LogP contribution in [-0.4, -0.2) is 73.0 Å². The molecule has 4 atom stereocenters. The predicted octanol–water partition coefficient (Wildman–Crippen LogP) is 12.0. The largest absolute Gasteiger partial charge is 0.507 e. The lowest BCUT2D eigenvalue weighted by atomic mass is 9.73. The van der Waals surface area contributed by atoms with Gasteiger partial charge in [0.05, 0.1) is 0 Å². The van der Waals surface area contributed by atoms with Crippen LogP contribution in [0.25, 0.3) is 0 Å². The minimum absolute atomic E-state index is 0.000131. The molecule has 2 aromatic rings. The maximum atomic E-state index is 15.0. The number of phenols is 1. The third-order valence-corrected chi connectivity index (χ3v) is 13.9.